The van der Waals surface area contributed by atoms with Crippen LogP contribution in [0.4, 0.5) is 0 Å². The van der Waals surface area contributed by atoms with Crippen LogP contribution in [0, 0.1) is 5.41 Å². The highest BCUT2D eigenvalue weighted by Gasteiger charge is 2.36. The lowest BCUT2D eigenvalue weighted by atomic mass is 9.65. The van der Waals surface area contributed by atoms with Crippen LogP contribution in [0.2, 0.25) is 5.02 Å². The Bertz CT molecular complexity index is 377. The molecule has 0 saturated heterocycles. The average molecular weight is 268 g/mol. The second kappa shape index (κ2) is 6.55. The first-order chi connectivity index (χ1) is 8.74. The van der Waals surface area contributed by atoms with Gasteiger partial charge in [-0.05, 0) is 42.4 Å². The van der Waals surface area contributed by atoms with Gasteiger partial charge in [-0.2, -0.15) is 0 Å². The largest absolute Gasteiger partial charge is 0.383 e. The summed E-state index contributed by atoms with van der Waals surface area (Å²) in [6.45, 7) is 2.81. The van der Waals surface area contributed by atoms with Crippen LogP contribution >= 0.6 is 11.6 Å². The summed E-state index contributed by atoms with van der Waals surface area (Å²) in [5, 5.41) is 4.35. The molecule has 100 valence electrons. The summed E-state index contributed by atoms with van der Waals surface area (Å²) in [5.41, 5.74) is 1.80. The molecule has 0 unspecified atom stereocenters. The second-order valence-electron chi connectivity index (χ2n) is 5.33. The predicted octanol–water partition coefficient (Wildman–Crippen LogP) is 3.29. The predicted molar refractivity (Wildman–Crippen MR) is 76.2 cm³/mol. The Kier molecular flexibility index (Phi) is 5.04. The fourth-order valence-corrected chi connectivity index (χ4v) is 2.91. The van der Waals surface area contributed by atoms with Crippen LogP contribution in [0.3, 0.4) is 0 Å². The third-order valence-electron chi connectivity index (χ3n) is 3.87. The van der Waals surface area contributed by atoms with Crippen molar-refractivity contribution in [3.8, 4) is 0 Å². The molecule has 2 rings (SSSR count). The first-order valence-electron chi connectivity index (χ1n) is 6.68. The zero-order valence-electron chi connectivity index (χ0n) is 11.0. The molecule has 0 amide bonds. The minimum absolute atomic E-state index is 0.443. The minimum Gasteiger partial charge on any atom is -0.383 e. The van der Waals surface area contributed by atoms with E-state index in [2.05, 4.69) is 17.4 Å². The summed E-state index contributed by atoms with van der Waals surface area (Å²) in [6, 6.07) is 8.26. The molecule has 0 aliphatic heterocycles. The van der Waals surface area contributed by atoms with Gasteiger partial charge in [-0.25, -0.2) is 0 Å². The lowest BCUT2D eigenvalue weighted by Gasteiger charge is -2.42. The fourth-order valence-electron chi connectivity index (χ4n) is 2.70. The third kappa shape index (κ3) is 3.71. The molecule has 0 aromatic heterocycles. The molecule has 18 heavy (non-hydrogen) atoms. The Morgan fingerprint density at radius 1 is 1.39 bits per heavy atom. The Hall–Kier alpha value is -0.570. The zero-order chi connectivity index (χ0) is 12.8. The first kappa shape index (κ1) is 13.9. The highest BCUT2D eigenvalue weighted by Crippen LogP contribution is 2.43. The highest BCUT2D eigenvalue weighted by molar-refractivity contribution is 6.30. The van der Waals surface area contributed by atoms with E-state index in [0.29, 0.717) is 5.41 Å². The van der Waals surface area contributed by atoms with Crippen molar-refractivity contribution in [3.63, 3.8) is 0 Å². The van der Waals surface area contributed by atoms with Gasteiger partial charge in [0.1, 0.15) is 0 Å². The summed E-state index contributed by atoms with van der Waals surface area (Å²) >= 11 is 6.05. The van der Waals surface area contributed by atoms with Crippen molar-refractivity contribution in [1.29, 1.82) is 0 Å². The van der Waals surface area contributed by atoms with Crippen molar-refractivity contribution in [2.24, 2.45) is 5.41 Å². The molecule has 0 heterocycles. The van der Waals surface area contributed by atoms with Crippen LogP contribution in [-0.4, -0.2) is 26.8 Å². The fraction of sp³-hybridized carbons (Fsp3) is 0.600. The molecular weight excluding hydrogens is 246 g/mol. The number of methoxy groups -OCH3 is 1. The van der Waals surface area contributed by atoms with Crippen LogP contribution in [0.5, 0.6) is 0 Å². The molecule has 1 aliphatic rings. The van der Waals surface area contributed by atoms with Gasteiger partial charge in [0.2, 0.25) is 0 Å². The lowest BCUT2D eigenvalue weighted by Crippen LogP contribution is -2.42. The second-order valence-corrected chi connectivity index (χ2v) is 5.77. The van der Waals surface area contributed by atoms with E-state index in [-0.39, 0.29) is 0 Å². The molecule has 1 fully saturated rings. The summed E-state index contributed by atoms with van der Waals surface area (Å²) in [7, 11) is 1.74. The molecule has 0 radical (unpaired) electrons. The van der Waals surface area contributed by atoms with Crippen LogP contribution in [-0.2, 0) is 11.2 Å². The van der Waals surface area contributed by atoms with E-state index in [0.717, 1.165) is 31.1 Å². The van der Waals surface area contributed by atoms with E-state index < -0.39 is 0 Å². The molecule has 1 N–H and O–H groups in total. The molecule has 1 aromatic rings. The number of hydrogen-bond donors (Lipinski definition) is 1. The van der Waals surface area contributed by atoms with Gasteiger partial charge in [-0.15, -0.1) is 0 Å². The van der Waals surface area contributed by atoms with E-state index in [4.69, 9.17) is 16.3 Å². The van der Waals surface area contributed by atoms with Crippen molar-refractivity contribution in [3.05, 3.63) is 34.9 Å². The number of ether oxygens (including phenoxy) is 1. The molecule has 1 aliphatic carbocycles. The summed E-state index contributed by atoms with van der Waals surface area (Å²) in [6.07, 6.45) is 5.12. The highest BCUT2D eigenvalue weighted by atomic mass is 35.5. The van der Waals surface area contributed by atoms with Crippen LogP contribution in [0.1, 0.15) is 24.8 Å². The Balaban J connectivity index is 1.88. The SMILES string of the molecule is COCCNCC1(Cc2cccc(Cl)c2)CCC1. The number of benzene rings is 1. The molecule has 3 heteroatoms. The standard InChI is InChI=1S/C15H22ClNO/c1-18-9-8-17-12-15(6-3-7-15)11-13-4-2-5-14(16)10-13/h2,4-5,10,17H,3,6-9,11-12H2,1H3. The molecule has 1 saturated carbocycles. The van der Waals surface area contributed by atoms with E-state index in [1.165, 1.54) is 24.8 Å². The van der Waals surface area contributed by atoms with Crippen molar-refractivity contribution in [2.75, 3.05) is 26.8 Å². The smallest absolute Gasteiger partial charge is 0.0587 e. The van der Waals surface area contributed by atoms with E-state index in [9.17, 15) is 0 Å². The maximum absolute atomic E-state index is 6.05. The van der Waals surface area contributed by atoms with E-state index >= 15 is 0 Å². The van der Waals surface area contributed by atoms with Crippen molar-refractivity contribution in [1.82, 2.24) is 5.32 Å². The normalized spacial score (nSPS) is 17.4. The third-order valence-corrected chi connectivity index (χ3v) is 4.10. The lowest BCUT2D eigenvalue weighted by molar-refractivity contribution is 0.123. The van der Waals surface area contributed by atoms with Gasteiger partial charge in [0.15, 0.2) is 0 Å². The minimum atomic E-state index is 0.443. The van der Waals surface area contributed by atoms with E-state index in [1.54, 1.807) is 7.11 Å². The van der Waals surface area contributed by atoms with Gasteiger partial charge >= 0.3 is 0 Å². The molecule has 1 aromatic carbocycles. The van der Waals surface area contributed by atoms with E-state index in [1.807, 2.05) is 12.1 Å². The van der Waals surface area contributed by atoms with Crippen LogP contribution in [0.15, 0.2) is 24.3 Å². The van der Waals surface area contributed by atoms with Crippen LogP contribution in [0.25, 0.3) is 0 Å². The van der Waals surface area contributed by atoms with Gasteiger partial charge in [0.05, 0.1) is 6.61 Å². The summed E-state index contributed by atoms with van der Waals surface area (Å²) < 4.78 is 5.06. The quantitative estimate of drug-likeness (QED) is 0.766. The van der Waals surface area contributed by atoms with Crippen molar-refractivity contribution >= 4 is 11.6 Å². The monoisotopic (exact) mass is 267 g/mol. The Morgan fingerprint density at radius 2 is 2.22 bits per heavy atom. The average Bonchev–Trinajstić information content (AvgIpc) is 2.31. The number of rotatable bonds is 7. The Labute approximate surface area is 115 Å². The number of hydrogen-bond acceptors (Lipinski definition) is 2. The molecule has 2 nitrogen and oxygen atoms in total. The maximum Gasteiger partial charge on any atom is 0.0587 e. The van der Waals surface area contributed by atoms with Crippen molar-refractivity contribution in [2.45, 2.75) is 25.7 Å². The van der Waals surface area contributed by atoms with Gasteiger partial charge in [-0.1, -0.05) is 30.2 Å². The topological polar surface area (TPSA) is 21.3 Å². The van der Waals surface area contributed by atoms with Crippen LogP contribution < -0.4 is 5.32 Å². The zero-order valence-corrected chi connectivity index (χ0v) is 11.8. The summed E-state index contributed by atoms with van der Waals surface area (Å²) in [4.78, 5) is 0. The summed E-state index contributed by atoms with van der Waals surface area (Å²) in [5.74, 6) is 0. The molecule has 0 atom stereocenters. The molecular formula is C15H22ClNO. The maximum atomic E-state index is 6.05. The number of nitrogens with one attached hydrogen (secondary N) is 1. The van der Waals surface area contributed by atoms with Crippen molar-refractivity contribution < 1.29 is 4.74 Å². The van der Waals surface area contributed by atoms with Gasteiger partial charge in [-0.3, -0.25) is 0 Å². The van der Waals surface area contributed by atoms with Gasteiger partial charge in [0.25, 0.3) is 0 Å². The van der Waals surface area contributed by atoms with Gasteiger partial charge < -0.3 is 10.1 Å². The first-order valence-corrected chi connectivity index (χ1v) is 7.06. The number of halogens is 1. The Morgan fingerprint density at radius 3 is 2.83 bits per heavy atom. The molecule has 0 spiro atoms. The molecule has 0 bridgehead atoms. The van der Waals surface area contributed by atoms with Gasteiger partial charge in [0, 0.05) is 25.2 Å².